The molecule has 9 nitrogen and oxygen atoms in total. The van der Waals surface area contributed by atoms with Crippen LogP contribution < -0.4 is 16.4 Å². The van der Waals surface area contributed by atoms with Gasteiger partial charge in [-0.05, 0) is 61.1 Å². The third kappa shape index (κ3) is 4.87. The number of anilines is 3. The second-order valence-electron chi connectivity index (χ2n) is 9.79. The van der Waals surface area contributed by atoms with Gasteiger partial charge < -0.3 is 21.3 Å². The van der Waals surface area contributed by atoms with Crippen molar-refractivity contribution in [3.05, 3.63) is 89.8 Å². The number of hydrogen-bond acceptors (Lipinski definition) is 7. The summed E-state index contributed by atoms with van der Waals surface area (Å²) < 4.78 is 0. The molecule has 38 heavy (non-hydrogen) atoms. The molecular formula is C29H31N7O2. The summed E-state index contributed by atoms with van der Waals surface area (Å²) in [5.74, 6) is 0.778. The summed E-state index contributed by atoms with van der Waals surface area (Å²) in [4.78, 5) is 35.4. The first kappa shape index (κ1) is 25.1. The minimum atomic E-state index is -0.226. The molecule has 2 heterocycles. The van der Waals surface area contributed by atoms with E-state index in [9.17, 15) is 9.59 Å². The van der Waals surface area contributed by atoms with Gasteiger partial charge in [0.15, 0.2) is 0 Å². The van der Waals surface area contributed by atoms with Crippen LogP contribution in [0.2, 0.25) is 0 Å². The molecule has 5 N–H and O–H groups in total. The second kappa shape index (κ2) is 10.5. The van der Waals surface area contributed by atoms with Crippen LogP contribution in [0.25, 0.3) is 0 Å². The Kier molecular flexibility index (Phi) is 6.91. The van der Waals surface area contributed by atoms with E-state index in [1.165, 1.54) is 12.4 Å². The maximum Gasteiger partial charge on any atom is 0.255 e. The summed E-state index contributed by atoms with van der Waals surface area (Å²) in [6.45, 7) is 6.43. The summed E-state index contributed by atoms with van der Waals surface area (Å²) in [5, 5.41) is 15.3. The summed E-state index contributed by atoms with van der Waals surface area (Å²) >= 11 is 0. The van der Waals surface area contributed by atoms with Crippen molar-refractivity contribution in [3.8, 4) is 0 Å². The number of nitrogens with one attached hydrogen (secondary N) is 3. The first-order valence-corrected chi connectivity index (χ1v) is 12.8. The lowest BCUT2D eigenvalue weighted by atomic mass is 10.0. The zero-order valence-corrected chi connectivity index (χ0v) is 21.3. The van der Waals surface area contributed by atoms with Gasteiger partial charge in [0.05, 0.1) is 17.3 Å². The average Bonchev–Trinajstić information content (AvgIpc) is 3.53. The zero-order valence-electron chi connectivity index (χ0n) is 21.3. The second-order valence-corrected chi connectivity index (χ2v) is 9.79. The Hall–Kier alpha value is -4.53. The number of fused-ring (bicyclic) bond motifs is 2. The smallest absolute Gasteiger partial charge is 0.255 e. The molecule has 2 aromatic carbocycles. The first-order valence-electron chi connectivity index (χ1n) is 12.8. The van der Waals surface area contributed by atoms with Crippen molar-refractivity contribution in [1.29, 1.82) is 5.41 Å². The van der Waals surface area contributed by atoms with E-state index >= 15 is 0 Å². The van der Waals surface area contributed by atoms with Gasteiger partial charge in [-0.25, -0.2) is 9.97 Å². The molecule has 194 valence electrons. The predicted molar refractivity (Wildman–Crippen MR) is 148 cm³/mol. The maximum absolute atomic E-state index is 12.8. The first-order chi connectivity index (χ1) is 18.4. The van der Waals surface area contributed by atoms with E-state index in [0.29, 0.717) is 28.4 Å². The lowest BCUT2D eigenvalue weighted by Crippen LogP contribution is -2.47. The number of aryl methyl sites for hydroxylation is 1. The third-order valence-electron chi connectivity index (χ3n) is 7.42. The summed E-state index contributed by atoms with van der Waals surface area (Å²) in [6, 6.07) is 14.6. The number of likely N-dealkylation sites (tertiary alicyclic amines) is 1. The molecular weight excluding hydrogens is 478 g/mol. The van der Waals surface area contributed by atoms with Gasteiger partial charge in [-0.3, -0.25) is 15.0 Å². The number of nitrogens with two attached hydrogens (primary N) is 1. The Morgan fingerprint density at radius 1 is 1.16 bits per heavy atom. The fourth-order valence-electron chi connectivity index (χ4n) is 5.49. The SMILES string of the molecule is C=CC(=O)N1CC2CC(Nc3ncnc(N)c3C(=N)c3ccc(C(=O)Nc4cccc(CC)c4)cc3)C1C2. The van der Waals surface area contributed by atoms with Crippen LogP contribution in [0.1, 0.15) is 46.8 Å². The Morgan fingerprint density at radius 2 is 1.92 bits per heavy atom. The minimum absolute atomic E-state index is 0.00390. The van der Waals surface area contributed by atoms with Crippen molar-refractivity contribution in [1.82, 2.24) is 14.9 Å². The highest BCUT2D eigenvalue weighted by Gasteiger charge is 2.46. The number of carbonyl (C=O) groups excluding carboxylic acids is 2. The predicted octanol–water partition coefficient (Wildman–Crippen LogP) is 3.88. The fourth-order valence-corrected chi connectivity index (χ4v) is 5.49. The molecule has 5 rings (SSSR count). The summed E-state index contributed by atoms with van der Waals surface area (Å²) in [6.07, 6.45) is 5.45. The van der Waals surface area contributed by atoms with E-state index in [0.717, 1.165) is 37.1 Å². The molecule has 1 saturated heterocycles. The number of benzene rings is 2. The highest BCUT2D eigenvalue weighted by Crippen LogP contribution is 2.39. The molecule has 1 aliphatic carbocycles. The molecule has 3 aromatic rings. The molecule has 3 unspecified atom stereocenters. The van der Waals surface area contributed by atoms with Gasteiger partial charge in [0, 0.05) is 29.4 Å². The Labute approximate surface area is 221 Å². The van der Waals surface area contributed by atoms with Crippen molar-refractivity contribution >= 4 is 34.8 Å². The molecule has 2 fully saturated rings. The number of nitrogen functional groups attached to an aromatic ring is 1. The van der Waals surface area contributed by atoms with Crippen LogP contribution in [0.5, 0.6) is 0 Å². The van der Waals surface area contributed by atoms with Crippen LogP contribution in [-0.4, -0.2) is 51.0 Å². The Bertz CT molecular complexity index is 1400. The van der Waals surface area contributed by atoms with E-state index in [1.54, 1.807) is 24.3 Å². The van der Waals surface area contributed by atoms with E-state index in [4.69, 9.17) is 11.1 Å². The van der Waals surface area contributed by atoms with Crippen molar-refractivity contribution < 1.29 is 9.59 Å². The molecule has 1 aliphatic heterocycles. The Balaban J connectivity index is 1.33. The van der Waals surface area contributed by atoms with Gasteiger partial charge in [0.25, 0.3) is 5.91 Å². The van der Waals surface area contributed by atoms with E-state index in [2.05, 4.69) is 34.1 Å². The van der Waals surface area contributed by atoms with Gasteiger partial charge in [-0.2, -0.15) is 0 Å². The van der Waals surface area contributed by atoms with Gasteiger partial charge in [-0.15, -0.1) is 0 Å². The number of amides is 2. The molecule has 0 radical (unpaired) electrons. The van der Waals surface area contributed by atoms with Crippen molar-refractivity contribution in [2.24, 2.45) is 5.92 Å². The van der Waals surface area contributed by atoms with Crippen LogP contribution in [0.15, 0.2) is 67.5 Å². The van der Waals surface area contributed by atoms with Crippen LogP contribution in [0.4, 0.5) is 17.3 Å². The van der Waals surface area contributed by atoms with E-state index in [-0.39, 0.29) is 35.4 Å². The zero-order chi connectivity index (χ0) is 26.8. The van der Waals surface area contributed by atoms with Crippen molar-refractivity contribution in [2.75, 3.05) is 22.9 Å². The van der Waals surface area contributed by atoms with Crippen LogP contribution >= 0.6 is 0 Å². The monoisotopic (exact) mass is 509 g/mol. The fraction of sp³-hybridized carbons (Fsp3) is 0.276. The average molecular weight is 510 g/mol. The molecule has 1 saturated carbocycles. The largest absolute Gasteiger partial charge is 0.383 e. The number of carbonyl (C=O) groups is 2. The summed E-state index contributed by atoms with van der Waals surface area (Å²) in [5.41, 5.74) is 9.71. The molecule has 3 atom stereocenters. The van der Waals surface area contributed by atoms with Crippen molar-refractivity contribution in [2.45, 2.75) is 38.3 Å². The van der Waals surface area contributed by atoms with E-state index < -0.39 is 0 Å². The topological polar surface area (TPSA) is 137 Å². The Morgan fingerprint density at radius 3 is 2.63 bits per heavy atom. The van der Waals surface area contributed by atoms with Gasteiger partial charge >= 0.3 is 0 Å². The standard InChI is InChI=1S/C29H31N7O2/c1-3-17-6-5-7-21(12-17)34-29(38)20-10-8-19(9-11-20)26(30)25-27(31)32-16-33-28(25)35-22-13-18-14-23(22)36(15-18)24(37)4-2/h4-12,16,18,22-23,30H,2-3,13-15H2,1H3,(H,34,38)(H3,31,32,33,35). The molecule has 2 amide bonds. The normalized spacial score (nSPS) is 19.7. The lowest BCUT2D eigenvalue weighted by Gasteiger charge is -2.33. The quantitative estimate of drug-likeness (QED) is 0.269. The maximum atomic E-state index is 12.8. The summed E-state index contributed by atoms with van der Waals surface area (Å²) in [7, 11) is 0. The molecule has 1 aromatic heterocycles. The molecule has 2 bridgehead atoms. The number of rotatable bonds is 8. The number of aromatic nitrogens is 2. The third-order valence-corrected chi connectivity index (χ3v) is 7.42. The van der Waals surface area contributed by atoms with E-state index in [1.807, 2.05) is 29.2 Å². The molecule has 9 heteroatoms. The highest BCUT2D eigenvalue weighted by atomic mass is 16.2. The number of hydrogen-bond donors (Lipinski definition) is 4. The van der Waals surface area contributed by atoms with Crippen LogP contribution in [0, 0.1) is 11.3 Å². The molecule has 2 aliphatic rings. The van der Waals surface area contributed by atoms with Crippen LogP contribution in [0.3, 0.4) is 0 Å². The number of nitrogens with zero attached hydrogens (tertiary/aromatic N) is 3. The van der Waals surface area contributed by atoms with Crippen molar-refractivity contribution in [3.63, 3.8) is 0 Å². The van der Waals surface area contributed by atoms with Crippen LogP contribution in [-0.2, 0) is 11.2 Å². The molecule has 0 spiro atoms. The number of piperidine rings is 1. The van der Waals surface area contributed by atoms with Gasteiger partial charge in [0.1, 0.15) is 18.0 Å². The van der Waals surface area contributed by atoms with Gasteiger partial charge in [-0.1, -0.05) is 37.8 Å². The minimum Gasteiger partial charge on any atom is -0.383 e. The lowest BCUT2D eigenvalue weighted by molar-refractivity contribution is -0.127. The van der Waals surface area contributed by atoms with Gasteiger partial charge in [0.2, 0.25) is 5.91 Å². The highest BCUT2D eigenvalue weighted by molar-refractivity contribution is 6.16.